The molecule has 0 aromatic carbocycles. The van der Waals surface area contributed by atoms with Crippen molar-refractivity contribution in [1.82, 2.24) is 15.0 Å². The van der Waals surface area contributed by atoms with Gasteiger partial charge in [0.15, 0.2) is 0 Å². The van der Waals surface area contributed by atoms with Crippen molar-refractivity contribution in [1.29, 1.82) is 0 Å². The average molecular weight is 388 g/mol. The van der Waals surface area contributed by atoms with Gasteiger partial charge < -0.3 is 11.1 Å². The van der Waals surface area contributed by atoms with Crippen LogP contribution in [-0.2, 0) is 6.42 Å². The average Bonchev–Trinajstić information content (AvgIpc) is 2.64. The lowest BCUT2D eigenvalue weighted by molar-refractivity contribution is 0.582. The normalized spacial score (nSPS) is 11.4. The molecular weight excluding hydrogens is 354 g/mol. The van der Waals surface area contributed by atoms with Crippen LogP contribution in [0.1, 0.15) is 76.0 Å². The minimum atomic E-state index is 0.405. The van der Waals surface area contributed by atoms with Crippen molar-refractivity contribution < 1.29 is 0 Å². The van der Waals surface area contributed by atoms with Gasteiger partial charge in [-0.05, 0) is 42.2 Å². The summed E-state index contributed by atoms with van der Waals surface area (Å²) in [6.45, 7) is 8.78. The third kappa shape index (κ3) is 6.09. The molecular formula is C21H33N5S. The standard InChI is InChI=1S/C21H33N5S/c1-6-8-17(9-7-2)25-21-24-12-16(20(22)26-21)10-15-11-19(27-5)23-13-18(15)14(3)4/h11-14,17H,6-10H2,1-5H3,(H3,22,24,25,26). The third-order valence-electron chi connectivity index (χ3n) is 4.72. The van der Waals surface area contributed by atoms with Crippen LogP contribution in [0.4, 0.5) is 11.8 Å². The molecule has 148 valence electrons. The summed E-state index contributed by atoms with van der Waals surface area (Å²) >= 11 is 1.65. The van der Waals surface area contributed by atoms with Crippen molar-refractivity contribution in [3.05, 3.63) is 35.2 Å². The lowest BCUT2D eigenvalue weighted by atomic mass is 9.95. The molecule has 0 saturated heterocycles. The summed E-state index contributed by atoms with van der Waals surface area (Å²) < 4.78 is 0. The highest BCUT2D eigenvalue weighted by atomic mass is 32.2. The van der Waals surface area contributed by atoms with E-state index in [1.165, 1.54) is 11.1 Å². The molecule has 27 heavy (non-hydrogen) atoms. The molecule has 2 rings (SSSR count). The van der Waals surface area contributed by atoms with E-state index in [4.69, 9.17) is 5.73 Å². The van der Waals surface area contributed by atoms with E-state index < -0.39 is 0 Å². The van der Waals surface area contributed by atoms with E-state index in [9.17, 15) is 0 Å². The highest BCUT2D eigenvalue weighted by Gasteiger charge is 2.14. The van der Waals surface area contributed by atoms with Crippen LogP contribution in [0, 0.1) is 0 Å². The van der Waals surface area contributed by atoms with Crippen LogP contribution in [0.15, 0.2) is 23.5 Å². The van der Waals surface area contributed by atoms with Gasteiger partial charge in [-0.1, -0.05) is 40.5 Å². The number of thioether (sulfide) groups is 1. The van der Waals surface area contributed by atoms with Crippen molar-refractivity contribution >= 4 is 23.5 Å². The molecule has 2 aromatic heterocycles. The highest BCUT2D eigenvalue weighted by molar-refractivity contribution is 7.98. The van der Waals surface area contributed by atoms with Crippen LogP contribution in [0.3, 0.4) is 0 Å². The molecule has 2 aromatic rings. The lowest BCUT2D eigenvalue weighted by Gasteiger charge is -2.18. The minimum absolute atomic E-state index is 0.405. The predicted octanol–water partition coefficient (Wildman–Crippen LogP) is 5.27. The van der Waals surface area contributed by atoms with Gasteiger partial charge in [0.05, 0.1) is 5.03 Å². The maximum Gasteiger partial charge on any atom is 0.224 e. The number of rotatable bonds is 10. The van der Waals surface area contributed by atoms with Gasteiger partial charge in [0.2, 0.25) is 5.95 Å². The van der Waals surface area contributed by atoms with Crippen LogP contribution in [0.5, 0.6) is 0 Å². The van der Waals surface area contributed by atoms with E-state index >= 15 is 0 Å². The maximum atomic E-state index is 6.28. The first-order chi connectivity index (χ1) is 13.0. The minimum Gasteiger partial charge on any atom is -0.383 e. The summed E-state index contributed by atoms with van der Waals surface area (Å²) in [4.78, 5) is 13.6. The number of anilines is 2. The Bertz CT molecular complexity index is 727. The Morgan fingerprint density at radius 2 is 1.78 bits per heavy atom. The van der Waals surface area contributed by atoms with Gasteiger partial charge >= 0.3 is 0 Å². The summed E-state index contributed by atoms with van der Waals surface area (Å²) in [6, 6.07) is 2.56. The van der Waals surface area contributed by atoms with Gasteiger partial charge in [-0.25, -0.2) is 9.97 Å². The monoisotopic (exact) mass is 387 g/mol. The molecule has 0 atom stereocenters. The van der Waals surface area contributed by atoms with Gasteiger partial charge in [-0.3, -0.25) is 0 Å². The Hall–Kier alpha value is -1.82. The summed E-state index contributed by atoms with van der Waals surface area (Å²) in [7, 11) is 0. The van der Waals surface area contributed by atoms with Gasteiger partial charge in [0, 0.05) is 30.4 Å². The number of hydrogen-bond acceptors (Lipinski definition) is 6. The number of hydrogen-bond donors (Lipinski definition) is 2. The molecule has 2 heterocycles. The number of nitrogen functional groups attached to an aromatic ring is 1. The van der Waals surface area contributed by atoms with Crippen molar-refractivity contribution in [2.75, 3.05) is 17.3 Å². The van der Waals surface area contributed by atoms with Crippen molar-refractivity contribution in [2.24, 2.45) is 0 Å². The molecule has 0 amide bonds. The van der Waals surface area contributed by atoms with Gasteiger partial charge in [0.1, 0.15) is 5.82 Å². The first kappa shape index (κ1) is 21.5. The molecule has 0 aliphatic heterocycles. The van der Waals surface area contributed by atoms with E-state index in [-0.39, 0.29) is 0 Å². The van der Waals surface area contributed by atoms with Crippen LogP contribution in [0.2, 0.25) is 0 Å². The zero-order valence-corrected chi connectivity index (χ0v) is 18.1. The van der Waals surface area contributed by atoms with Crippen molar-refractivity contribution in [3.8, 4) is 0 Å². The van der Waals surface area contributed by atoms with Gasteiger partial charge in [-0.2, -0.15) is 4.98 Å². The zero-order chi connectivity index (χ0) is 19.8. The van der Waals surface area contributed by atoms with Gasteiger partial charge in [-0.15, -0.1) is 11.8 Å². The van der Waals surface area contributed by atoms with E-state index in [2.05, 4.69) is 54.0 Å². The summed E-state index contributed by atoms with van der Waals surface area (Å²) in [5, 5.41) is 4.47. The third-order valence-corrected chi connectivity index (χ3v) is 5.36. The number of aromatic nitrogens is 3. The SMILES string of the molecule is CCCC(CCC)Nc1ncc(Cc2cc(SC)ncc2C(C)C)c(N)n1. The van der Waals surface area contributed by atoms with Gasteiger partial charge in [0.25, 0.3) is 0 Å². The van der Waals surface area contributed by atoms with Crippen molar-refractivity contribution in [3.63, 3.8) is 0 Å². The van der Waals surface area contributed by atoms with Crippen LogP contribution < -0.4 is 11.1 Å². The number of nitrogens with one attached hydrogen (secondary N) is 1. The highest BCUT2D eigenvalue weighted by Crippen LogP contribution is 2.26. The van der Waals surface area contributed by atoms with E-state index in [1.54, 1.807) is 11.8 Å². The Morgan fingerprint density at radius 3 is 2.33 bits per heavy atom. The van der Waals surface area contributed by atoms with E-state index in [1.807, 2.05) is 18.6 Å². The van der Waals surface area contributed by atoms with E-state index in [0.29, 0.717) is 23.7 Å². The molecule has 6 heteroatoms. The first-order valence-electron chi connectivity index (χ1n) is 9.89. The Balaban J connectivity index is 2.21. The fourth-order valence-electron chi connectivity index (χ4n) is 3.27. The second-order valence-electron chi connectivity index (χ2n) is 7.28. The lowest BCUT2D eigenvalue weighted by Crippen LogP contribution is -2.21. The first-order valence-corrected chi connectivity index (χ1v) is 11.1. The second kappa shape index (κ2) is 10.5. The fourth-order valence-corrected chi connectivity index (χ4v) is 3.69. The topological polar surface area (TPSA) is 76.7 Å². The summed E-state index contributed by atoms with van der Waals surface area (Å²) in [5.41, 5.74) is 9.73. The second-order valence-corrected chi connectivity index (χ2v) is 8.11. The van der Waals surface area contributed by atoms with Crippen LogP contribution in [0.25, 0.3) is 0 Å². The molecule has 0 unspecified atom stereocenters. The molecule has 0 aliphatic rings. The number of nitrogens with two attached hydrogens (primary N) is 1. The maximum absolute atomic E-state index is 6.28. The number of pyridine rings is 1. The molecule has 0 aliphatic carbocycles. The molecule has 5 nitrogen and oxygen atoms in total. The zero-order valence-electron chi connectivity index (χ0n) is 17.2. The molecule has 0 radical (unpaired) electrons. The number of nitrogens with zero attached hydrogens (tertiary/aromatic N) is 3. The molecule has 0 bridgehead atoms. The Morgan fingerprint density at radius 1 is 1.07 bits per heavy atom. The molecule has 3 N–H and O–H groups in total. The summed E-state index contributed by atoms with van der Waals surface area (Å²) in [5.74, 6) is 1.60. The predicted molar refractivity (Wildman–Crippen MR) is 117 cm³/mol. The smallest absolute Gasteiger partial charge is 0.224 e. The van der Waals surface area contributed by atoms with Crippen LogP contribution >= 0.6 is 11.8 Å². The van der Waals surface area contributed by atoms with Crippen molar-refractivity contribution in [2.45, 2.75) is 76.8 Å². The largest absolute Gasteiger partial charge is 0.383 e. The molecule has 0 saturated carbocycles. The fraction of sp³-hybridized carbons (Fsp3) is 0.571. The summed E-state index contributed by atoms with van der Waals surface area (Å²) in [6.07, 6.45) is 11.1. The van der Waals surface area contributed by atoms with Crippen LogP contribution in [-0.4, -0.2) is 27.2 Å². The van der Waals surface area contributed by atoms with E-state index in [0.717, 1.165) is 42.7 Å². The molecule has 0 fully saturated rings. The quantitative estimate of drug-likeness (QED) is 0.541. The Kier molecular flexibility index (Phi) is 8.35. The molecule has 0 spiro atoms. The Labute approximate surface area is 168 Å².